The van der Waals surface area contributed by atoms with Crippen LogP contribution in [0.3, 0.4) is 0 Å². The summed E-state index contributed by atoms with van der Waals surface area (Å²) in [4.78, 5) is 0. The summed E-state index contributed by atoms with van der Waals surface area (Å²) in [7, 11) is 0. The molecule has 2 N–H and O–H groups in total. The van der Waals surface area contributed by atoms with Crippen molar-refractivity contribution in [3.8, 4) is 0 Å². The molecule has 0 aromatic carbocycles. The fourth-order valence-corrected chi connectivity index (χ4v) is 2.91. The smallest absolute Gasteiger partial charge is 0.00772 e. The van der Waals surface area contributed by atoms with E-state index in [1.165, 1.54) is 31.3 Å². The Bertz CT molecular complexity index is 369. The Labute approximate surface area is 119 Å². The first-order chi connectivity index (χ1) is 8.97. The second kappa shape index (κ2) is 7.69. The van der Waals surface area contributed by atoms with Crippen molar-refractivity contribution >= 4 is 0 Å². The molecular formula is C18H31N. The molecule has 0 aromatic rings. The van der Waals surface area contributed by atoms with Crippen LogP contribution in [0, 0.1) is 5.41 Å². The van der Waals surface area contributed by atoms with E-state index < -0.39 is 0 Å². The van der Waals surface area contributed by atoms with E-state index in [0.717, 1.165) is 19.4 Å². The van der Waals surface area contributed by atoms with Crippen molar-refractivity contribution in [2.75, 3.05) is 6.54 Å². The average Bonchev–Trinajstić information content (AvgIpc) is 2.33. The Morgan fingerprint density at radius 3 is 2.68 bits per heavy atom. The summed E-state index contributed by atoms with van der Waals surface area (Å²) in [5.74, 6) is 0. The fraction of sp³-hybridized carbons (Fsp3) is 0.667. The zero-order valence-electron chi connectivity index (χ0n) is 13.3. The minimum Gasteiger partial charge on any atom is -0.330 e. The lowest BCUT2D eigenvalue weighted by molar-refractivity contribution is 0.377. The molecule has 0 aliphatic heterocycles. The summed E-state index contributed by atoms with van der Waals surface area (Å²) in [6.45, 7) is 10.0. The third-order valence-electron chi connectivity index (χ3n) is 4.18. The normalized spacial score (nSPS) is 20.4. The Morgan fingerprint density at radius 2 is 2.05 bits per heavy atom. The van der Waals surface area contributed by atoms with Crippen LogP contribution >= 0.6 is 0 Å². The van der Waals surface area contributed by atoms with E-state index in [9.17, 15) is 0 Å². The molecule has 1 heteroatoms. The lowest BCUT2D eigenvalue weighted by Gasteiger charge is -2.32. The molecule has 1 rings (SSSR count). The number of rotatable bonds is 6. The SMILES string of the molecule is CC(=CCCCCN)/C=C/C1=C(C)CCCC1(C)C. The first-order valence-electron chi connectivity index (χ1n) is 7.72. The number of hydrogen-bond acceptors (Lipinski definition) is 1. The van der Waals surface area contributed by atoms with Crippen molar-refractivity contribution in [2.45, 2.75) is 66.2 Å². The van der Waals surface area contributed by atoms with E-state index in [1.54, 1.807) is 11.1 Å². The quantitative estimate of drug-likeness (QED) is 0.519. The molecule has 0 amide bonds. The van der Waals surface area contributed by atoms with Crippen molar-refractivity contribution in [2.24, 2.45) is 11.1 Å². The van der Waals surface area contributed by atoms with Crippen LogP contribution in [-0.4, -0.2) is 6.54 Å². The van der Waals surface area contributed by atoms with Gasteiger partial charge in [0, 0.05) is 0 Å². The van der Waals surface area contributed by atoms with E-state index in [-0.39, 0.29) is 0 Å². The predicted octanol–water partition coefficient (Wildman–Crippen LogP) is 5.14. The third kappa shape index (κ3) is 5.36. The van der Waals surface area contributed by atoms with Crippen LogP contribution in [0.5, 0.6) is 0 Å². The van der Waals surface area contributed by atoms with E-state index in [1.807, 2.05) is 0 Å². The van der Waals surface area contributed by atoms with Gasteiger partial charge in [-0.1, -0.05) is 43.2 Å². The molecule has 0 radical (unpaired) electrons. The van der Waals surface area contributed by atoms with Gasteiger partial charge in [-0.05, 0) is 69.9 Å². The Hall–Kier alpha value is -0.820. The van der Waals surface area contributed by atoms with Crippen LogP contribution in [0.15, 0.2) is 34.9 Å². The van der Waals surface area contributed by atoms with Gasteiger partial charge in [-0.25, -0.2) is 0 Å². The van der Waals surface area contributed by atoms with Gasteiger partial charge in [0.15, 0.2) is 0 Å². The summed E-state index contributed by atoms with van der Waals surface area (Å²) in [6.07, 6.45) is 14.4. The van der Waals surface area contributed by atoms with Gasteiger partial charge in [0.25, 0.3) is 0 Å². The lowest BCUT2D eigenvalue weighted by atomic mass is 9.72. The molecule has 0 fully saturated rings. The molecule has 0 saturated carbocycles. The number of hydrogen-bond donors (Lipinski definition) is 1. The molecular weight excluding hydrogens is 230 g/mol. The predicted molar refractivity (Wildman–Crippen MR) is 86.1 cm³/mol. The topological polar surface area (TPSA) is 26.0 Å². The van der Waals surface area contributed by atoms with Gasteiger partial charge in [0.2, 0.25) is 0 Å². The van der Waals surface area contributed by atoms with E-state index in [4.69, 9.17) is 5.73 Å². The van der Waals surface area contributed by atoms with Crippen LogP contribution in [0.2, 0.25) is 0 Å². The molecule has 0 aromatic heterocycles. The van der Waals surface area contributed by atoms with E-state index in [0.29, 0.717) is 5.41 Å². The largest absolute Gasteiger partial charge is 0.330 e. The third-order valence-corrected chi connectivity index (χ3v) is 4.18. The van der Waals surface area contributed by atoms with Crippen molar-refractivity contribution in [1.29, 1.82) is 0 Å². The molecule has 0 bridgehead atoms. The minimum absolute atomic E-state index is 0.346. The van der Waals surface area contributed by atoms with Gasteiger partial charge >= 0.3 is 0 Å². The van der Waals surface area contributed by atoms with Crippen LogP contribution < -0.4 is 5.73 Å². The van der Waals surface area contributed by atoms with E-state index in [2.05, 4.69) is 45.9 Å². The molecule has 108 valence electrons. The Balaban J connectivity index is 2.64. The standard InChI is InChI=1S/C18H31N/c1-15(9-6-5-7-14-19)11-12-17-16(2)10-8-13-18(17,3)4/h9,11-12H,5-8,10,13-14,19H2,1-4H3/b12-11+,15-9?. The highest BCUT2D eigenvalue weighted by Gasteiger charge is 2.26. The molecule has 1 nitrogen and oxygen atoms in total. The maximum atomic E-state index is 5.51. The summed E-state index contributed by atoms with van der Waals surface area (Å²) in [5.41, 5.74) is 10.3. The highest BCUT2D eigenvalue weighted by atomic mass is 14.5. The van der Waals surface area contributed by atoms with Gasteiger partial charge in [-0.3, -0.25) is 0 Å². The summed E-state index contributed by atoms with van der Waals surface area (Å²) in [6, 6.07) is 0. The molecule has 0 unspecified atom stereocenters. The first-order valence-corrected chi connectivity index (χ1v) is 7.72. The summed E-state index contributed by atoms with van der Waals surface area (Å²) >= 11 is 0. The Morgan fingerprint density at radius 1 is 1.32 bits per heavy atom. The number of allylic oxidation sites excluding steroid dienone is 6. The molecule has 0 heterocycles. The minimum atomic E-state index is 0.346. The monoisotopic (exact) mass is 261 g/mol. The second-order valence-corrected chi connectivity index (χ2v) is 6.50. The lowest BCUT2D eigenvalue weighted by Crippen LogP contribution is -2.19. The second-order valence-electron chi connectivity index (χ2n) is 6.50. The average molecular weight is 261 g/mol. The van der Waals surface area contributed by atoms with Gasteiger partial charge in [0.05, 0.1) is 0 Å². The van der Waals surface area contributed by atoms with Crippen LogP contribution in [0.4, 0.5) is 0 Å². The van der Waals surface area contributed by atoms with Crippen molar-refractivity contribution < 1.29 is 0 Å². The molecule has 1 aliphatic carbocycles. The zero-order valence-corrected chi connectivity index (χ0v) is 13.3. The zero-order chi connectivity index (χ0) is 14.3. The number of nitrogens with two attached hydrogens (primary N) is 1. The molecule has 0 atom stereocenters. The molecule has 0 spiro atoms. The van der Waals surface area contributed by atoms with Crippen LogP contribution in [-0.2, 0) is 0 Å². The van der Waals surface area contributed by atoms with Gasteiger partial charge in [-0.15, -0.1) is 0 Å². The van der Waals surface area contributed by atoms with Crippen LogP contribution in [0.25, 0.3) is 0 Å². The Kier molecular flexibility index (Phi) is 6.57. The summed E-state index contributed by atoms with van der Waals surface area (Å²) < 4.78 is 0. The first kappa shape index (κ1) is 16.2. The van der Waals surface area contributed by atoms with Crippen molar-refractivity contribution in [1.82, 2.24) is 0 Å². The van der Waals surface area contributed by atoms with E-state index >= 15 is 0 Å². The van der Waals surface area contributed by atoms with Gasteiger partial charge in [-0.2, -0.15) is 0 Å². The highest BCUT2D eigenvalue weighted by Crippen LogP contribution is 2.40. The maximum absolute atomic E-state index is 5.51. The van der Waals surface area contributed by atoms with Crippen molar-refractivity contribution in [3.05, 3.63) is 34.9 Å². The molecule has 19 heavy (non-hydrogen) atoms. The molecule has 0 saturated heterocycles. The van der Waals surface area contributed by atoms with Gasteiger partial charge in [0.1, 0.15) is 0 Å². The number of unbranched alkanes of at least 4 members (excludes halogenated alkanes) is 2. The van der Waals surface area contributed by atoms with Gasteiger partial charge < -0.3 is 5.73 Å². The van der Waals surface area contributed by atoms with Crippen molar-refractivity contribution in [3.63, 3.8) is 0 Å². The molecule has 1 aliphatic rings. The fourth-order valence-electron chi connectivity index (χ4n) is 2.91. The summed E-state index contributed by atoms with van der Waals surface area (Å²) in [5, 5.41) is 0. The highest BCUT2D eigenvalue weighted by molar-refractivity contribution is 5.35. The maximum Gasteiger partial charge on any atom is -0.00772 e. The van der Waals surface area contributed by atoms with Crippen LogP contribution in [0.1, 0.15) is 66.2 Å².